The van der Waals surface area contributed by atoms with Crippen LogP contribution in [0, 0.1) is 5.41 Å². The molecule has 11 nitrogen and oxygen atoms in total. The Morgan fingerprint density at radius 2 is 1.95 bits per heavy atom. The zero-order chi connectivity index (χ0) is 27.7. The smallest absolute Gasteiger partial charge is 0.259 e. The number of halogens is 1. The second-order valence-electron chi connectivity index (χ2n) is 9.42. The summed E-state index contributed by atoms with van der Waals surface area (Å²) in [7, 11) is 1.51. The van der Waals surface area contributed by atoms with Gasteiger partial charge in [-0.1, -0.05) is 11.6 Å². The van der Waals surface area contributed by atoms with E-state index in [4.69, 9.17) is 26.7 Å². The highest BCUT2D eigenvalue weighted by Crippen LogP contribution is 2.39. The molecule has 0 bridgehead atoms. The quantitative estimate of drug-likeness (QED) is 0.177. The number of imidazole rings is 1. The van der Waals surface area contributed by atoms with Gasteiger partial charge in [-0.25, -0.2) is 15.0 Å². The van der Waals surface area contributed by atoms with Crippen molar-refractivity contribution >= 4 is 56.8 Å². The summed E-state index contributed by atoms with van der Waals surface area (Å²) in [5.74, 6) is 0.891. The van der Waals surface area contributed by atoms with E-state index >= 15 is 0 Å². The molecule has 0 saturated carbocycles. The van der Waals surface area contributed by atoms with Gasteiger partial charge in [-0.3, -0.25) is 9.78 Å². The monoisotopic (exact) mass is 547 g/mol. The number of methoxy groups -OCH3 is 1. The molecule has 1 saturated heterocycles. The minimum Gasteiger partial charge on any atom is -0.500 e. The Morgan fingerprint density at radius 3 is 2.67 bits per heavy atom. The Hall–Kier alpha value is -4.25. The number of piperazine rings is 1. The molecule has 202 valence electrons. The van der Waals surface area contributed by atoms with Crippen LogP contribution < -0.4 is 10.2 Å². The predicted octanol–water partition coefficient (Wildman–Crippen LogP) is 4.34. The number of H-pyrrole nitrogens is 1. The molecule has 39 heavy (non-hydrogen) atoms. The van der Waals surface area contributed by atoms with Gasteiger partial charge in [-0.15, -0.1) is 0 Å². The molecule has 0 radical (unpaired) electrons. The third-order valence-corrected chi connectivity index (χ3v) is 7.33. The molecule has 1 unspecified atom stereocenters. The third kappa shape index (κ3) is 4.97. The van der Waals surface area contributed by atoms with E-state index in [1.807, 2.05) is 25.1 Å². The number of carbonyl (C=O) groups is 1. The Bertz CT molecular complexity index is 1590. The number of fused-ring (bicyclic) bond motifs is 2. The van der Waals surface area contributed by atoms with Crippen molar-refractivity contribution in [1.29, 1.82) is 5.41 Å². The molecule has 0 spiro atoms. The molecule has 3 aromatic heterocycles. The van der Waals surface area contributed by atoms with E-state index in [-0.39, 0.29) is 17.7 Å². The SMILES string of the molecule is CO/C(C)=C(\C(C)=N)C(=O)N1CCN(c2c(C(C)Nc3ncnc4nc[nH]c34)cc(Cl)c3cccnc23)CC1. The van der Waals surface area contributed by atoms with Gasteiger partial charge < -0.3 is 30.2 Å². The van der Waals surface area contributed by atoms with E-state index < -0.39 is 0 Å². The maximum Gasteiger partial charge on any atom is 0.259 e. The van der Waals surface area contributed by atoms with Gasteiger partial charge in [0.1, 0.15) is 17.6 Å². The van der Waals surface area contributed by atoms with Crippen LogP contribution in [0.2, 0.25) is 5.02 Å². The summed E-state index contributed by atoms with van der Waals surface area (Å²) in [6.07, 6.45) is 4.83. The van der Waals surface area contributed by atoms with E-state index in [2.05, 4.69) is 30.2 Å². The number of nitrogens with one attached hydrogen (secondary N) is 3. The number of hydrogen-bond donors (Lipinski definition) is 3. The first-order valence-electron chi connectivity index (χ1n) is 12.6. The van der Waals surface area contributed by atoms with Crippen LogP contribution in [-0.2, 0) is 9.53 Å². The topological polar surface area (TPSA) is 136 Å². The minimum atomic E-state index is -0.191. The van der Waals surface area contributed by atoms with Crippen molar-refractivity contribution in [3.63, 3.8) is 0 Å². The van der Waals surface area contributed by atoms with E-state index in [9.17, 15) is 4.79 Å². The molecule has 1 fully saturated rings. The summed E-state index contributed by atoms with van der Waals surface area (Å²) in [4.78, 5) is 38.0. The van der Waals surface area contributed by atoms with Crippen molar-refractivity contribution in [3.8, 4) is 0 Å². The average Bonchev–Trinajstić information content (AvgIpc) is 3.43. The van der Waals surface area contributed by atoms with Crippen LogP contribution in [0.3, 0.4) is 0 Å². The van der Waals surface area contributed by atoms with Crippen molar-refractivity contribution in [2.75, 3.05) is 43.5 Å². The van der Waals surface area contributed by atoms with E-state index in [0.717, 1.165) is 27.7 Å². The van der Waals surface area contributed by atoms with E-state index in [1.165, 1.54) is 13.4 Å². The molecule has 1 aromatic carbocycles. The minimum absolute atomic E-state index is 0.188. The molecular formula is C27H30ClN9O2. The van der Waals surface area contributed by atoms with Crippen molar-refractivity contribution < 1.29 is 9.53 Å². The van der Waals surface area contributed by atoms with Crippen LogP contribution in [0.4, 0.5) is 11.5 Å². The zero-order valence-corrected chi connectivity index (χ0v) is 23.0. The number of carbonyl (C=O) groups excluding carboxylic acids is 1. The molecule has 3 N–H and O–H groups in total. The number of amides is 1. The molecule has 5 rings (SSSR count). The number of pyridine rings is 1. The normalized spacial score (nSPS) is 15.3. The number of ether oxygens (including phenoxy) is 1. The van der Waals surface area contributed by atoms with Crippen LogP contribution >= 0.6 is 11.6 Å². The average molecular weight is 548 g/mol. The fourth-order valence-corrected chi connectivity index (χ4v) is 5.26. The van der Waals surface area contributed by atoms with Crippen molar-refractivity contribution in [1.82, 2.24) is 29.8 Å². The molecular weight excluding hydrogens is 518 g/mol. The van der Waals surface area contributed by atoms with Crippen LogP contribution in [0.5, 0.6) is 0 Å². The number of rotatable bonds is 7. The number of allylic oxidation sites excluding steroid dienone is 1. The fraction of sp³-hybridized carbons (Fsp3) is 0.333. The van der Waals surface area contributed by atoms with E-state index in [0.29, 0.717) is 54.0 Å². The second-order valence-corrected chi connectivity index (χ2v) is 9.83. The molecule has 12 heteroatoms. The summed E-state index contributed by atoms with van der Waals surface area (Å²) in [5, 5.41) is 13.1. The lowest BCUT2D eigenvalue weighted by Gasteiger charge is -2.38. The lowest BCUT2D eigenvalue weighted by molar-refractivity contribution is -0.127. The number of hydrogen-bond acceptors (Lipinski definition) is 9. The fourth-order valence-electron chi connectivity index (χ4n) is 4.99. The highest BCUT2D eigenvalue weighted by molar-refractivity contribution is 6.36. The molecule has 4 heterocycles. The lowest BCUT2D eigenvalue weighted by Crippen LogP contribution is -2.50. The summed E-state index contributed by atoms with van der Waals surface area (Å²) in [5.41, 5.74) is 4.52. The van der Waals surface area contributed by atoms with Crippen LogP contribution in [0.25, 0.3) is 22.1 Å². The Labute approximate surface area is 230 Å². The number of nitrogens with zero attached hydrogens (tertiary/aromatic N) is 6. The maximum absolute atomic E-state index is 13.3. The van der Waals surface area contributed by atoms with E-state index in [1.54, 1.807) is 31.3 Å². The first kappa shape index (κ1) is 26.4. The molecule has 1 aliphatic heterocycles. The number of benzene rings is 1. The highest BCUT2D eigenvalue weighted by Gasteiger charge is 2.29. The number of aromatic nitrogens is 5. The Balaban J connectivity index is 1.48. The largest absolute Gasteiger partial charge is 0.500 e. The van der Waals surface area contributed by atoms with Gasteiger partial charge in [-0.2, -0.15) is 0 Å². The van der Waals surface area contributed by atoms with Gasteiger partial charge in [0.05, 0.1) is 41.3 Å². The zero-order valence-electron chi connectivity index (χ0n) is 22.2. The summed E-state index contributed by atoms with van der Waals surface area (Å²) in [6, 6.07) is 5.62. The summed E-state index contributed by atoms with van der Waals surface area (Å²) < 4.78 is 5.29. The maximum atomic E-state index is 13.3. The first-order chi connectivity index (χ1) is 18.8. The number of aromatic amines is 1. The molecule has 1 atom stereocenters. The van der Waals surface area contributed by atoms with Crippen molar-refractivity contribution in [2.24, 2.45) is 0 Å². The van der Waals surface area contributed by atoms with Gasteiger partial charge in [-0.05, 0) is 39.0 Å². The van der Waals surface area contributed by atoms with Crippen molar-refractivity contribution in [3.05, 3.63) is 59.0 Å². The molecule has 0 aliphatic carbocycles. The lowest BCUT2D eigenvalue weighted by atomic mass is 10.0. The Kier molecular flexibility index (Phi) is 7.34. The third-order valence-electron chi connectivity index (χ3n) is 7.02. The van der Waals surface area contributed by atoms with Gasteiger partial charge in [0.2, 0.25) is 0 Å². The van der Waals surface area contributed by atoms with Crippen LogP contribution in [-0.4, -0.2) is 74.7 Å². The molecule has 1 aliphatic rings. The predicted molar refractivity (Wildman–Crippen MR) is 152 cm³/mol. The molecule has 1 amide bonds. The summed E-state index contributed by atoms with van der Waals surface area (Å²) >= 11 is 6.75. The second kappa shape index (κ2) is 10.9. The van der Waals surface area contributed by atoms with Gasteiger partial charge in [0.25, 0.3) is 5.91 Å². The highest BCUT2D eigenvalue weighted by atomic mass is 35.5. The number of anilines is 2. The van der Waals surface area contributed by atoms with Crippen molar-refractivity contribution in [2.45, 2.75) is 26.8 Å². The summed E-state index contributed by atoms with van der Waals surface area (Å²) in [6.45, 7) is 7.53. The van der Waals surface area contributed by atoms with Gasteiger partial charge in [0, 0.05) is 49.0 Å². The Morgan fingerprint density at radius 1 is 1.18 bits per heavy atom. The molecule has 4 aromatic rings. The first-order valence-corrected chi connectivity index (χ1v) is 13.0. The van der Waals surface area contributed by atoms with Crippen LogP contribution in [0.15, 0.2) is 48.4 Å². The standard InChI is InChI=1S/C27H30ClN9O2/c1-15(29)21(17(3)39-4)27(38)37-10-8-36(9-11-37)24-19(12-20(28)18-6-5-7-30-22(18)24)16(2)35-26-23-25(32-13-31-23)33-14-34-26/h5-7,12-14,16,29H,8-11H2,1-4H3,(H2,31,32,33,34,35)/b21-17+,29-15?. The van der Waals surface area contributed by atoms with Crippen LogP contribution in [0.1, 0.15) is 32.4 Å². The van der Waals surface area contributed by atoms with Gasteiger partial charge in [0.15, 0.2) is 11.5 Å². The van der Waals surface area contributed by atoms with Gasteiger partial charge >= 0.3 is 0 Å².